The average molecular weight is 394 g/mol. The van der Waals surface area contributed by atoms with Gasteiger partial charge in [-0.2, -0.15) is 5.26 Å². The first-order valence-corrected chi connectivity index (χ1v) is 9.47. The van der Waals surface area contributed by atoms with Crippen LogP contribution in [0.2, 0.25) is 0 Å². The Morgan fingerprint density at radius 2 is 2.36 bits per heavy atom. The van der Waals surface area contributed by atoms with Crippen LogP contribution in [-0.4, -0.2) is 47.1 Å². The summed E-state index contributed by atoms with van der Waals surface area (Å²) in [5.41, 5.74) is 1.54. The molecule has 2 aliphatic rings. The van der Waals surface area contributed by atoms with Crippen molar-refractivity contribution >= 4 is 45.9 Å². The number of carbonyl (C=O) groups is 2. The number of amidine groups is 1. The SMILES string of the molecule is C=C/C=C1\C(=N)CCC(=O)N1CC(=O)Nc1scc(C#N)c1C1=NC(C)C=N1. The second-order valence-electron chi connectivity index (χ2n) is 6.23. The number of anilines is 1. The van der Waals surface area contributed by atoms with Crippen molar-refractivity contribution in [1.82, 2.24) is 4.90 Å². The molecule has 0 radical (unpaired) electrons. The van der Waals surface area contributed by atoms with E-state index in [9.17, 15) is 14.9 Å². The molecule has 0 aromatic carbocycles. The minimum Gasteiger partial charge on any atom is -0.315 e. The van der Waals surface area contributed by atoms with Crippen LogP contribution in [0.1, 0.15) is 30.9 Å². The van der Waals surface area contributed by atoms with Gasteiger partial charge in [0.15, 0.2) is 5.84 Å². The number of aliphatic imine (C=N–C) groups is 2. The highest BCUT2D eigenvalue weighted by Crippen LogP contribution is 2.30. The fraction of sp³-hybridized carbons (Fsp3) is 0.263. The molecule has 0 spiro atoms. The number of thiophene rings is 1. The first-order valence-electron chi connectivity index (χ1n) is 8.59. The Labute approximate surface area is 166 Å². The summed E-state index contributed by atoms with van der Waals surface area (Å²) in [5, 5.41) is 22.2. The van der Waals surface area contributed by atoms with E-state index in [0.717, 1.165) is 0 Å². The summed E-state index contributed by atoms with van der Waals surface area (Å²) in [6, 6.07) is 2.00. The molecule has 1 aromatic heterocycles. The zero-order chi connectivity index (χ0) is 20.3. The third kappa shape index (κ3) is 3.82. The van der Waals surface area contributed by atoms with E-state index in [4.69, 9.17) is 5.41 Å². The second-order valence-corrected chi connectivity index (χ2v) is 7.11. The number of amides is 2. The number of nitrogens with zero attached hydrogens (tertiary/aromatic N) is 4. The van der Waals surface area contributed by atoms with E-state index in [1.165, 1.54) is 22.3 Å². The summed E-state index contributed by atoms with van der Waals surface area (Å²) in [5.74, 6) is -0.244. The Morgan fingerprint density at radius 3 is 3.00 bits per heavy atom. The number of allylic oxidation sites excluding steroid dienone is 3. The third-order valence-corrected chi connectivity index (χ3v) is 5.09. The maximum absolute atomic E-state index is 12.6. The van der Waals surface area contributed by atoms with E-state index in [0.29, 0.717) is 39.8 Å². The molecule has 0 saturated carbocycles. The standard InChI is InChI=1S/C19H18N6O2S/c1-3-4-14-13(21)5-6-16(27)25(14)9-15(26)24-19-17(12(7-20)10-28-19)18-22-8-11(2)23-18/h3-4,8,10-11,21H,1,5-6,9H2,2H3,(H,24,26)/b14-4+,21-13?. The van der Waals surface area contributed by atoms with Crippen molar-refractivity contribution in [2.45, 2.75) is 25.8 Å². The summed E-state index contributed by atoms with van der Waals surface area (Å²) >= 11 is 1.21. The monoisotopic (exact) mass is 394 g/mol. The zero-order valence-electron chi connectivity index (χ0n) is 15.2. The Kier molecular flexibility index (Phi) is 5.61. The molecular weight excluding hydrogens is 376 g/mol. The van der Waals surface area contributed by atoms with Gasteiger partial charge in [-0.3, -0.25) is 14.6 Å². The van der Waals surface area contributed by atoms with Crippen molar-refractivity contribution in [2.24, 2.45) is 9.98 Å². The molecule has 8 nitrogen and oxygen atoms in total. The Morgan fingerprint density at radius 1 is 1.57 bits per heavy atom. The number of likely N-dealkylation sites (tertiary alicyclic amines) is 1. The number of piperidine rings is 1. The van der Waals surface area contributed by atoms with Crippen LogP contribution in [0.15, 0.2) is 39.8 Å². The van der Waals surface area contributed by atoms with Gasteiger partial charge in [0.05, 0.1) is 28.6 Å². The Hall–Kier alpha value is -3.38. The van der Waals surface area contributed by atoms with Crippen molar-refractivity contribution in [3.05, 3.63) is 40.9 Å². The van der Waals surface area contributed by atoms with Gasteiger partial charge in [-0.05, 0) is 19.4 Å². The minimum atomic E-state index is -0.429. The lowest BCUT2D eigenvalue weighted by Crippen LogP contribution is -2.42. The highest BCUT2D eigenvalue weighted by Gasteiger charge is 2.29. The molecule has 1 unspecified atom stereocenters. The summed E-state index contributed by atoms with van der Waals surface area (Å²) < 4.78 is 0. The Balaban J connectivity index is 1.82. The predicted molar refractivity (Wildman–Crippen MR) is 109 cm³/mol. The molecule has 1 aromatic rings. The van der Waals surface area contributed by atoms with Crippen LogP contribution in [0.25, 0.3) is 0 Å². The van der Waals surface area contributed by atoms with Crippen LogP contribution in [0.4, 0.5) is 5.00 Å². The topological polar surface area (TPSA) is 122 Å². The average Bonchev–Trinajstić information content (AvgIpc) is 3.26. The summed E-state index contributed by atoms with van der Waals surface area (Å²) in [6.07, 6.45) is 5.24. The molecule has 3 rings (SSSR count). The molecule has 1 fully saturated rings. The van der Waals surface area contributed by atoms with Crippen molar-refractivity contribution < 1.29 is 9.59 Å². The van der Waals surface area contributed by atoms with E-state index < -0.39 is 5.91 Å². The van der Waals surface area contributed by atoms with Crippen molar-refractivity contribution in [3.8, 4) is 6.07 Å². The van der Waals surface area contributed by atoms with E-state index in [1.807, 2.05) is 6.92 Å². The maximum Gasteiger partial charge on any atom is 0.245 e. The normalized spacial score (nSPS) is 20.3. The van der Waals surface area contributed by atoms with Gasteiger partial charge in [0.1, 0.15) is 17.6 Å². The highest BCUT2D eigenvalue weighted by molar-refractivity contribution is 7.15. The number of rotatable bonds is 5. The smallest absolute Gasteiger partial charge is 0.245 e. The molecule has 0 bridgehead atoms. The fourth-order valence-corrected chi connectivity index (χ4v) is 3.80. The van der Waals surface area contributed by atoms with Gasteiger partial charge in [-0.25, -0.2) is 4.99 Å². The summed E-state index contributed by atoms with van der Waals surface area (Å²) in [6.45, 7) is 5.25. The molecule has 2 amide bonds. The first kappa shape index (κ1) is 19.4. The van der Waals surface area contributed by atoms with Gasteiger partial charge in [0.25, 0.3) is 0 Å². The van der Waals surface area contributed by atoms with Crippen molar-refractivity contribution in [2.75, 3.05) is 11.9 Å². The lowest BCUT2D eigenvalue weighted by molar-refractivity contribution is -0.132. The molecule has 28 heavy (non-hydrogen) atoms. The molecule has 9 heteroatoms. The molecule has 142 valence electrons. The Bertz CT molecular complexity index is 995. The molecule has 1 saturated heterocycles. The lowest BCUT2D eigenvalue weighted by Gasteiger charge is -2.29. The van der Waals surface area contributed by atoms with Gasteiger partial charge in [-0.1, -0.05) is 12.7 Å². The van der Waals surface area contributed by atoms with Crippen LogP contribution in [0.5, 0.6) is 0 Å². The number of hydrogen-bond acceptors (Lipinski definition) is 7. The van der Waals surface area contributed by atoms with Gasteiger partial charge in [0.2, 0.25) is 11.8 Å². The van der Waals surface area contributed by atoms with E-state index in [2.05, 4.69) is 27.9 Å². The molecule has 2 N–H and O–H groups in total. The summed E-state index contributed by atoms with van der Waals surface area (Å²) in [7, 11) is 0. The second kappa shape index (κ2) is 8.10. The van der Waals surface area contributed by atoms with Gasteiger partial charge in [0, 0.05) is 18.0 Å². The van der Waals surface area contributed by atoms with Crippen molar-refractivity contribution in [1.29, 1.82) is 10.7 Å². The number of carbonyl (C=O) groups excluding carboxylic acids is 2. The fourth-order valence-electron chi connectivity index (χ4n) is 2.90. The highest BCUT2D eigenvalue weighted by atomic mass is 32.1. The number of nitrogens with one attached hydrogen (secondary N) is 2. The first-order chi connectivity index (χ1) is 13.4. The number of nitriles is 1. The molecule has 2 aliphatic heterocycles. The molecule has 3 heterocycles. The van der Waals surface area contributed by atoms with Crippen LogP contribution in [0.3, 0.4) is 0 Å². The van der Waals surface area contributed by atoms with Gasteiger partial charge < -0.3 is 15.6 Å². The summed E-state index contributed by atoms with van der Waals surface area (Å²) in [4.78, 5) is 34.8. The van der Waals surface area contributed by atoms with Crippen molar-refractivity contribution in [3.63, 3.8) is 0 Å². The third-order valence-electron chi connectivity index (χ3n) is 4.19. The quantitative estimate of drug-likeness (QED) is 0.798. The predicted octanol–water partition coefficient (Wildman–Crippen LogP) is 2.49. The minimum absolute atomic E-state index is 0.0893. The van der Waals surface area contributed by atoms with Crippen LogP contribution in [-0.2, 0) is 9.59 Å². The lowest BCUT2D eigenvalue weighted by atomic mass is 10.0. The van der Waals surface area contributed by atoms with Crippen LogP contribution >= 0.6 is 11.3 Å². The largest absolute Gasteiger partial charge is 0.315 e. The molecule has 0 aliphatic carbocycles. The number of hydrogen-bond donors (Lipinski definition) is 2. The molecule has 1 atom stereocenters. The maximum atomic E-state index is 12.6. The van der Waals surface area contributed by atoms with Crippen LogP contribution < -0.4 is 5.32 Å². The van der Waals surface area contributed by atoms with E-state index >= 15 is 0 Å². The van der Waals surface area contributed by atoms with E-state index in [-0.39, 0.29) is 24.9 Å². The van der Waals surface area contributed by atoms with Gasteiger partial charge >= 0.3 is 0 Å². The zero-order valence-corrected chi connectivity index (χ0v) is 16.0. The van der Waals surface area contributed by atoms with E-state index in [1.54, 1.807) is 17.7 Å². The molecular formula is C19H18N6O2S. The van der Waals surface area contributed by atoms with Gasteiger partial charge in [-0.15, -0.1) is 11.3 Å². The van der Waals surface area contributed by atoms with Crippen LogP contribution in [0, 0.1) is 16.7 Å².